The van der Waals surface area contributed by atoms with Crippen molar-refractivity contribution in [2.75, 3.05) is 18.0 Å². The largest absolute Gasteiger partial charge is 0.325 e. The van der Waals surface area contributed by atoms with E-state index in [4.69, 9.17) is 0 Å². The highest BCUT2D eigenvalue weighted by atomic mass is 16.2. The van der Waals surface area contributed by atoms with Gasteiger partial charge in [0, 0.05) is 12.2 Å². The third-order valence-corrected chi connectivity index (χ3v) is 6.45. The molecule has 2 aliphatic heterocycles. The zero-order valence-electron chi connectivity index (χ0n) is 16.1. The Hall–Kier alpha value is -2.37. The summed E-state index contributed by atoms with van der Waals surface area (Å²) < 4.78 is 0. The molecule has 2 unspecified atom stereocenters. The number of hydrogen-bond donors (Lipinski definition) is 1. The van der Waals surface area contributed by atoms with Crippen LogP contribution in [0.15, 0.2) is 18.2 Å². The van der Waals surface area contributed by atoms with Gasteiger partial charge in [0.05, 0.1) is 0 Å². The van der Waals surface area contributed by atoms with Crippen molar-refractivity contribution in [3.05, 3.63) is 29.3 Å². The maximum Gasteiger partial charge on any atom is 0.325 e. The van der Waals surface area contributed by atoms with Crippen LogP contribution in [-0.4, -0.2) is 41.4 Å². The van der Waals surface area contributed by atoms with Gasteiger partial charge in [-0.25, -0.2) is 4.79 Å². The van der Waals surface area contributed by atoms with E-state index in [1.54, 1.807) is 4.90 Å². The quantitative estimate of drug-likeness (QED) is 0.815. The van der Waals surface area contributed by atoms with Gasteiger partial charge in [0.1, 0.15) is 12.1 Å². The van der Waals surface area contributed by atoms with E-state index < -0.39 is 11.6 Å². The first-order valence-corrected chi connectivity index (χ1v) is 9.96. The Morgan fingerprint density at radius 1 is 1.26 bits per heavy atom. The predicted octanol–water partition coefficient (Wildman–Crippen LogP) is 2.77. The molecule has 2 fully saturated rings. The van der Waals surface area contributed by atoms with Gasteiger partial charge in [-0.1, -0.05) is 37.5 Å². The van der Waals surface area contributed by atoms with Gasteiger partial charge in [-0.2, -0.15) is 0 Å². The van der Waals surface area contributed by atoms with Gasteiger partial charge < -0.3 is 10.2 Å². The van der Waals surface area contributed by atoms with Gasteiger partial charge >= 0.3 is 6.03 Å². The lowest BCUT2D eigenvalue weighted by Crippen LogP contribution is -2.54. The van der Waals surface area contributed by atoms with Crippen molar-refractivity contribution < 1.29 is 14.4 Å². The van der Waals surface area contributed by atoms with Gasteiger partial charge in [0.25, 0.3) is 5.91 Å². The number of anilines is 1. The fraction of sp³-hybridized carbons (Fsp3) is 0.571. The summed E-state index contributed by atoms with van der Waals surface area (Å²) in [5.41, 5.74) is 2.42. The van der Waals surface area contributed by atoms with Crippen molar-refractivity contribution in [1.82, 2.24) is 10.2 Å². The van der Waals surface area contributed by atoms with E-state index in [9.17, 15) is 14.4 Å². The van der Waals surface area contributed by atoms with Crippen LogP contribution in [0, 0.1) is 12.8 Å². The second-order valence-corrected chi connectivity index (χ2v) is 8.22. The van der Waals surface area contributed by atoms with E-state index in [2.05, 4.69) is 11.4 Å². The van der Waals surface area contributed by atoms with Crippen LogP contribution in [0.2, 0.25) is 0 Å². The molecule has 1 saturated heterocycles. The molecule has 4 rings (SSSR count). The number of imide groups is 1. The first kappa shape index (κ1) is 18.0. The van der Waals surface area contributed by atoms with Gasteiger partial charge in [-0.3, -0.25) is 14.5 Å². The predicted molar refractivity (Wildman–Crippen MR) is 102 cm³/mol. The van der Waals surface area contributed by atoms with Crippen LogP contribution in [0.3, 0.4) is 0 Å². The number of amides is 4. The lowest BCUT2D eigenvalue weighted by molar-refractivity contribution is -0.136. The topological polar surface area (TPSA) is 69.7 Å². The first-order valence-electron chi connectivity index (χ1n) is 9.96. The molecule has 4 amide bonds. The summed E-state index contributed by atoms with van der Waals surface area (Å²) in [4.78, 5) is 41.5. The van der Waals surface area contributed by atoms with E-state index in [0.717, 1.165) is 48.3 Å². The molecule has 27 heavy (non-hydrogen) atoms. The molecule has 3 aliphatic rings. The summed E-state index contributed by atoms with van der Waals surface area (Å²) in [5.74, 6) is -0.320. The van der Waals surface area contributed by atoms with Crippen molar-refractivity contribution in [3.8, 4) is 0 Å². The third kappa shape index (κ3) is 2.91. The highest BCUT2D eigenvalue weighted by Crippen LogP contribution is 2.38. The second-order valence-electron chi connectivity index (χ2n) is 8.22. The molecule has 1 spiro atoms. The molecule has 0 radical (unpaired) electrons. The molecule has 6 heteroatoms. The van der Waals surface area contributed by atoms with Crippen molar-refractivity contribution in [3.63, 3.8) is 0 Å². The van der Waals surface area contributed by atoms with Crippen molar-refractivity contribution in [2.24, 2.45) is 5.92 Å². The third-order valence-electron chi connectivity index (χ3n) is 6.45. The molecular weight excluding hydrogens is 342 g/mol. The number of aryl methyl sites for hydroxylation is 2. The number of nitrogens with zero attached hydrogens (tertiary/aromatic N) is 2. The zero-order valence-corrected chi connectivity index (χ0v) is 16.1. The first-order chi connectivity index (χ1) is 12.9. The summed E-state index contributed by atoms with van der Waals surface area (Å²) in [7, 11) is 0. The Morgan fingerprint density at radius 3 is 2.85 bits per heavy atom. The molecule has 1 aliphatic carbocycles. The van der Waals surface area contributed by atoms with Crippen molar-refractivity contribution in [1.29, 1.82) is 0 Å². The monoisotopic (exact) mass is 369 g/mol. The molecule has 1 aromatic rings. The Bertz CT molecular complexity index is 806. The Labute approximate surface area is 159 Å². The lowest BCUT2D eigenvalue weighted by Gasteiger charge is -2.37. The molecular formula is C21H27N3O3. The number of carbonyl (C=O) groups is 3. The number of urea groups is 1. The highest BCUT2D eigenvalue weighted by molar-refractivity contribution is 6.10. The number of fused-ring (bicyclic) bond motifs is 1. The van der Waals surface area contributed by atoms with E-state index in [1.165, 1.54) is 5.56 Å². The standard InChI is InChI=1S/C21H27N3O3/c1-14-8-9-17-16(12-14)7-5-11-23(17)18(25)13-24-19(26)21(22-20(24)27)10-4-3-6-15(21)2/h8-9,12,15H,3-7,10-11,13H2,1-2H3,(H,22,27). The molecule has 1 N–H and O–H groups in total. The molecule has 1 aromatic carbocycles. The van der Waals surface area contributed by atoms with Crippen LogP contribution in [0.5, 0.6) is 0 Å². The van der Waals surface area contributed by atoms with Crippen LogP contribution in [0.25, 0.3) is 0 Å². The fourth-order valence-electron chi connectivity index (χ4n) is 4.84. The van der Waals surface area contributed by atoms with Crippen molar-refractivity contribution in [2.45, 2.75) is 57.9 Å². The number of nitrogens with one attached hydrogen (secondary N) is 1. The SMILES string of the molecule is Cc1ccc2c(c1)CCCN2C(=O)CN1C(=O)NC2(CCCCC2C)C1=O. The minimum atomic E-state index is -0.813. The molecule has 6 nitrogen and oxygen atoms in total. The Kier molecular flexibility index (Phi) is 4.44. The molecule has 2 atom stereocenters. The molecule has 0 bridgehead atoms. The summed E-state index contributed by atoms with van der Waals surface area (Å²) in [6, 6.07) is 5.65. The summed E-state index contributed by atoms with van der Waals surface area (Å²) in [6.45, 7) is 4.50. The minimum absolute atomic E-state index is 0.0986. The summed E-state index contributed by atoms with van der Waals surface area (Å²) in [6.07, 6.45) is 5.43. The zero-order chi connectivity index (χ0) is 19.2. The highest BCUT2D eigenvalue weighted by Gasteiger charge is 2.55. The van der Waals surface area contributed by atoms with Gasteiger partial charge in [0.2, 0.25) is 5.91 Å². The van der Waals surface area contributed by atoms with E-state index in [1.807, 2.05) is 26.0 Å². The number of hydrogen-bond acceptors (Lipinski definition) is 3. The van der Waals surface area contributed by atoms with Gasteiger partial charge in [0.15, 0.2) is 0 Å². The number of carbonyl (C=O) groups excluding carboxylic acids is 3. The fourth-order valence-corrected chi connectivity index (χ4v) is 4.84. The van der Waals surface area contributed by atoms with E-state index in [0.29, 0.717) is 13.0 Å². The van der Waals surface area contributed by atoms with Crippen LogP contribution in [-0.2, 0) is 16.0 Å². The second kappa shape index (κ2) is 6.66. The van der Waals surface area contributed by atoms with E-state index >= 15 is 0 Å². The average Bonchev–Trinajstić information content (AvgIpc) is 2.88. The van der Waals surface area contributed by atoms with Crippen LogP contribution >= 0.6 is 0 Å². The Morgan fingerprint density at radius 2 is 2.07 bits per heavy atom. The maximum absolute atomic E-state index is 13.1. The van der Waals surface area contributed by atoms with Gasteiger partial charge in [-0.05, 0) is 50.2 Å². The van der Waals surface area contributed by atoms with Crippen LogP contribution < -0.4 is 10.2 Å². The van der Waals surface area contributed by atoms with Gasteiger partial charge in [-0.15, -0.1) is 0 Å². The lowest BCUT2D eigenvalue weighted by atomic mass is 9.73. The summed E-state index contributed by atoms with van der Waals surface area (Å²) >= 11 is 0. The molecule has 144 valence electrons. The molecule has 0 aromatic heterocycles. The number of benzene rings is 1. The maximum atomic E-state index is 13.1. The smallest absolute Gasteiger partial charge is 0.323 e. The molecule has 1 saturated carbocycles. The van der Waals surface area contributed by atoms with E-state index in [-0.39, 0.29) is 24.3 Å². The minimum Gasteiger partial charge on any atom is -0.323 e. The molecule has 2 heterocycles. The summed E-state index contributed by atoms with van der Waals surface area (Å²) in [5, 5.41) is 2.92. The van der Waals surface area contributed by atoms with Crippen LogP contribution in [0.4, 0.5) is 10.5 Å². The number of rotatable bonds is 2. The Balaban J connectivity index is 1.54. The van der Waals surface area contributed by atoms with Crippen molar-refractivity contribution >= 4 is 23.5 Å². The van der Waals surface area contributed by atoms with Crippen LogP contribution in [0.1, 0.15) is 50.2 Å². The average molecular weight is 369 g/mol. The normalized spacial score (nSPS) is 27.7.